The first-order chi connectivity index (χ1) is 7.49. The number of alkyl carbamates (subject to hydrolysis) is 1. The maximum Gasteiger partial charge on any atom is 0.407 e. The average Bonchev–Trinajstić information content (AvgIpc) is 1.95. The first-order valence-electron chi connectivity index (χ1n) is 6.24. The van der Waals surface area contributed by atoms with Crippen LogP contribution in [0, 0.1) is 0 Å². The van der Waals surface area contributed by atoms with E-state index in [1.165, 1.54) is 0 Å². The van der Waals surface area contributed by atoms with Crippen molar-refractivity contribution < 1.29 is 9.53 Å². The second-order valence-electron chi connectivity index (χ2n) is 6.51. The summed E-state index contributed by atoms with van der Waals surface area (Å²) in [6, 6.07) is 0.366. The van der Waals surface area contributed by atoms with Crippen LogP contribution >= 0.6 is 0 Å². The van der Waals surface area contributed by atoms with Gasteiger partial charge in [0.25, 0.3) is 0 Å². The van der Waals surface area contributed by atoms with Gasteiger partial charge >= 0.3 is 6.09 Å². The average molecular weight is 244 g/mol. The molecule has 17 heavy (non-hydrogen) atoms. The van der Waals surface area contributed by atoms with Gasteiger partial charge < -0.3 is 15.4 Å². The molecule has 1 amide bonds. The molecule has 0 aromatic heterocycles. The molecule has 0 aromatic carbocycles. The zero-order valence-corrected chi connectivity index (χ0v) is 12.3. The van der Waals surface area contributed by atoms with Crippen LogP contribution in [0.1, 0.15) is 54.9 Å². The molecule has 1 unspecified atom stereocenters. The monoisotopic (exact) mass is 244 g/mol. The first kappa shape index (κ1) is 16.2. The number of hydrogen-bond acceptors (Lipinski definition) is 3. The predicted molar refractivity (Wildman–Crippen MR) is 71.2 cm³/mol. The Bertz CT molecular complexity index is 239. The van der Waals surface area contributed by atoms with E-state index in [4.69, 9.17) is 4.74 Å². The highest BCUT2D eigenvalue weighted by molar-refractivity contribution is 5.67. The molecule has 0 aliphatic carbocycles. The molecule has 0 bridgehead atoms. The SMILES string of the molecule is CC(CCNC(=O)OC(C)(C)C)NC(C)(C)C. The van der Waals surface area contributed by atoms with Crippen LogP contribution in [0.25, 0.3) is 0 Å². The van der Waals surface area contributed by atoms with Crippen LogP contribution in [-0.4, -0.2) is 29.8 Å². The Morgan fingerprint density at radius 1 is 1.18 bits per heavy atom. The molecule has 1 atom stereocenters. The topological polar surface area (TPSA) is 50.4 Å². The molecule has 0 spiro atoms. The minimum atomic E-state index is -0.431. The minimum Gasteiger partial charge on any atom is -0.444 e. The molecule has 0 fully saturated rings. The van der Waals surface area contributed by atoms with Crippen LogP contribution in [0.4, 0.5) is 4.79 Å². The van der Waals surface area contributed by atoms with Gasteiger partial charge in [0.1, 0.15) is 5.60 Å². The lowest BCUT2D eigenvalue weighted by molar-refractivity contribution is 0.0526. The quantitative estimate of drug-likeness (QED) is 0.799. The molecule has 2 N–H and O–H groups in total. The Morgan fingerprint density at radius 2 is 1.71 bits per heavy atom. The van der Waals surface area contributed by atoms with Crippen molar-refractivity contribution in [2.45, 2.75) is 72.1 Å². The Kier molecular flexibility index (Phi) is 5.96. The third-order valence-corrected chi connectivity index (χ3v) is 1.92. The summed E-state index contributed by atoms with van der Waals surface area (Å²) in [6.45, 7) is 14.7. The van der Waals surface area contributed by atoms with Crippen LogP contribution in [0.3, 0.4) is 0 Å². The number of amides is 1. The van der Waals surface area contributed by atoms with Crippen molar-refractivity contribution in [3.05, 3.63) is 0 Å². The van der Waals surface area contributed by atoms with Crippen molar-refractivity contribution in [2.24, 2.45) is 0 Å². The first-order valence-corrected chi connectivity index (χ1v) is 6.24. The second kappa shape index (κ2) is 6.24. The molecule has 0 aliphatic heterocycles. The fraction of sp³-hybridized carbons (Fsp3) is 0.923. The highest BCUT2D eigenvalue weighted by Crippen LogP contribution is 2.06. The molecule has 4 heteroatoms. The molecule has 102 valence electrons. The van der Waals surface area contributed by atoms with E-state index in [0.717, 1.165) is 6.42 Å². The number of ether oxygens (including phenoxy) is 1. The van der Waals surface area contributed by atoms with Crippen LogP contribution in [-0.2, 0) is 4.74 Å². The van der Waals surface area contributed by atoms with Crippen LogP contribution in [0.2, 0.25) is 0 Å². The van der Waals surface area contributed by atoms with E-state index in [1.807, 2.05) is 20.8 Å². The summed E-state index contributed by atoms with van der Waals surface area (Å²) in [5, 5.41) is 6.20. The molecule has 0 heterocycles. The molecule has 0 aliphatic rings. The smallest absolute Gasteiger partial charge is 0.407 e. The lowest BCUT2D eigenvalue weighted by Crippen LogP contribution is -2.43. The fourth-order valence-electron chi connectivity index (χ4n) is 1.52. The van der Waals surface area contributed by atoms with Gasteiger partial charge in [0.2, 0.25) is 0 Å². The van der Waals surface area contributed by atoms with E-state index in [9.17, 15) is 4.79 Å². The number of carbonyl (C=O) groups is 1. The number of nitrogens with one attached hydrogen (secondary N) is 2. The minimum absolute atomic E-state index is 0.103. The van der Waals surface area contributed by atoms with Crippen LogP contribution in [0.5, 0.6) is 0 Å². The van der Waals surface area contributed by atoms with Crippen molar-refractivity contribution in [1.82, 2.24) is 10.6 Å². The van der Waals surface area contributed by atoms with Crippen molar-refractivity contribution in [2.75, 3.05) is 6.54 Å². The number of carbonyl (C=O) groups excluding carboxylic acids is 1. The Morgan fingerprint density at radius 3 is 2.12 bits per heavy atom. The summed E-state index contributed by atoms with van der Waals surface area (Å²) in [5.41, 5.74) is -0.329. The van der Waals surface area contributed by atoms with Gasteiger partial charge in [-0.2, -0.15) is 0 Å². The summed E-state index contributed by atoms with van der Waals surface area (Å²) >= 11 is 0. The summed E-state index contributed by atoms with van der Waals surface area (Å²) in [6.07, 6.45) is 0.539. The van der Waals surface area contributed by atoms with Crippen LogP contribution in [0.15, 0.2) is 0 Å². The van der Waals surface area contributed by atoms with Gasteiger partial charge in [0.15, 0.2) is 0 Å². The highest BCUT2D eigenvalue weighted by atomic mass is 16.6. The van der Waals surface area contributed by atoms with Gasteiger partial charge in [-0.1, -0.05) is 0 Å². The number of hydrogen-bond donors (Lipinski definition) is 2. The molecular weight excluding hydrogens is 216 g/mol. The van der Waals surface area contributed by atoms with Gasteiger partial charge in [-0.15, -0.1) is 0 Å². The van der Waals surface area contributed by atoms with Gasteiger partial charge in [0, 0.05) is 18.1 Å². The molecule has 0 saturated carbocycles. The number of rotatable bonds is 4. The highest BCUT2D eigenvalue weighted by Gasteiger charge is 2.16. The lowest BCUT2D eigenvalue weighted by Gasteiger charge is -2.26. The predicted octanol–water partition coefficient (Wildman–Crippen LogP) is 2.68. The van der Waals surface area contributed by atoms with Gasteiger partial charge in [0.05, 0.1) is 0 Å². The molecule has 0 radical (unpaired) electrons. The van der Waals surface area contributed by atoms with Gasteiger partial charge in [-0.3, -0.25) is 0 Å². The van der Waals surface area contributed by atoms with E-state index < -0.39 is 5.60 Å². The zero-order chi connectivity index (χ0) is 13.7. The molecule has 0 aromatic rings. The Balaban J connectivity index is 3.74. The lowest BCUT2D eigenvalue weighted by atomic mass is 10.1. The van der Waals surface area contributed by atoms with Crippen molar-refractivity contribution in [3.63, 3.8) is 0 Å². The molecular formula is C13H28N2O2. The van der Waals surface area contributed by atoms with Crippen molar-refractivity contribution >= 4 is 6.09 Å². The standard InChI is InChI=1S/C13H28N2O2/c1-10(15-12(2,3)4)8-9-14-11(16)17-13(5,6)7/h10,15H,8-9H2,1-7H3,(H,14,16). The third-order valence-electron chi connectivity index (χ3n) is 1.92. The second-order valence-corrected chi connectivity index (χ2v) is 6.51. The maximum absolute atomic E-state index is 11.4. The van der Waals surface area contributed by atoms with E-state index in [-0.39, 0.29) is 11.6 Å². The maximum atomic E-state index is 11.4. The van der Waals surface area contributed by atoms with Gasteiger partial charge in [-0.05, 0) is 54.9 Å². The van der Waals surface area contributed by atoms with E-state index in [1.54, 1.807) is 0 Å². The Labute approximate surface area is 105 Å². The molecule has 0 rings (SSSR count). The normalized spacial score (nSPS) is 14.3. The zero-order valence-electron chi connectivity index (χ0n) is 12.3. The van der Waals surface area contributed by atoms with Gasteiger partial charge in [-0.25, -0.2) is 4.79 Å². The summed E-state index contributed by atoms with van der Waals surface area (Å²) in [5.74, 6) is 0. The summed E-state index contributed by atoms with van der Waals surface area (Å²) < 4.78 is 5.15. The van der Waals surface area contributed by atoms with E-state index in [2.05, 4.69) is 38.3 Å². The third kappa shape index (κ3) is 11.5. The largest absolute Gasteiger partial charge is 0.444 e. The van der Waals surface area contributed by atoms with Crippen molar-refractivity contribution in [3.8, 4) is 0 Å². The molecule has 0 saturated heterocycles. The van der Waals surface area contributed by atoms with E-state index >= 15 is 0 Å². The van der Waals surface area contributed by atoms with Crippen molar-refractivity contribution in [1.29, 1.82) is 0 Å². The summed E-state index contributed by atoms with van der Waals surface area (Å²) in [4.78, 5) is 11.4. The summed E-state index contributed by atoms with van der Waals surface area (Å²) in [7, 11) is 0. The fourth-order valence-corrected chi connectivity index (χ4v) is 1.52. The van der Waals surface area contributed by atoms with Crippen LogP contribution < -0.4 is 10.6 Å². The molecule has 4 nitrogen and oxygen atoms in total. The Hall–Kier alpha value is -0.770. The van der Waals surface area contributed by atoms with E-state index in [0.29, 0.717) is 12.6 Å².